The van der Waals surface area contributed by atoms with Crippen molar-refractivity contribution in [3.8, 4) is 0 Å². The molecule has 3 heteroatoms. The smallest absolute Gasteiger partial charge is 0.196 e. The van der Waals surface area contributed by atoms with Crippen molar-refractivity contribution in [1.29, 1.82) is 0 Å². The van der Waals surface area contributed by atoms with Crippen LogP contribution in [0.1, 0.15) is 53.9 Å². The second-order valence-electron chi connectivity index (χ2n) is 7.94. The van der Waals surface area contributed by atoms with Crippen LogP contribution < -0.4 is 0 Å². The molecule has 0 aromatic rings. The van der Waals surface area contributed by atoms with Crippen molar-refractivity contribution in [2.45, 2.75) is 53.9 Å². The molecule has 1 saturated heterocycles. The summed E-state index contributed by atoms with van der Waals surface area (Å²) < 4.78 is 0. The Bertz CT molecular complexity index is 312. The number of likely N-dealkylation sites (N-methyl/N-ethyl adjacent to an activating group) is 1. The Morgan fingerprint density at radius 3 is 2.26 bits per heavy atom. The fourth-order valence-electron chi connectivity index (χ4n) is 3.51. The fraction of sp³-hybridized carbons (Fsp3) is 0.938. The molecule has 0 aromatic carbocycles. The molecule has 0 atom stereocenters. The SMILES string of the molecule is C/N=C1/N(C)CCN1CCCC(C)(C)CC(C)(C)C. The maximum atomic E-state index is 4.39. The van der Waals surface area contributed by atoms with Crippen LogP contribution in [0.25, 0.3) is 0 Å². The molecule has 1 fully saturated rings. The average molecular weight is 267 g/mol. The minimum atomic E-state index is 0.424. The molecule has 0 saturated carbocycles. The van der Waals surface area contributed by atoms with E-state index in [0.717, 1.165) is 25.6 Å². The van der Waals surface area contributed by atoms with E-state index in [4.69, 9.17) is 0 Å². The fourth-order valence-corrected chi connectivity index (χ4v) is 3.51. The number of guanidine groups is 1. The van der Waals surface area contributed by atoms with Gasteiger partial charge in [0, 0.05) is 33.7 Å². The van der Waals surface area contributed by atoms with Crippen LogP contribution in [-0.2, 0) is 0 Å². The van der Waals surface area contributed by atoms with E-state index >= 15 is 0 Å². The van der Waals surface area contributed by atoms with E-state index in [-0.39, 0.29) is 0 Å². The lowest BCUT2D eigenvalue weighted by Crippen LogP contribution is -2.32. The molecule has 112 valence electrons. The normalized spacial score (nSPS) is 19.6. The van der Waals surface area contributed by atoms with E-state index in [0.29, 0.717) is 10.8 Å². The van der Waals surface area contributed by atoms with Gasteiger partial charge in [-0.3, -0.25) is 4.99 Å². The van der Waals surface area contributed by atoms with Gasteiger partial charge in [0.05, 0.1) is 0 Å². The van der Waals surface area contributed by atoms with Crippen molar-refractivity contribution in [2.24, 2.45) is 15.8 Å². The molecule has 3 nitrogen and oxygen atoms in total. The highest BCUT2D eigenvalue weighted by Gasteiger charge is 2.26. The van der Waals surface area contributed by atoms with E-state index in [1.54, 1.807) is 0 Å². The number of rotatable bonds is 5. The standard InChI is InChI=1S/C16H33N3/c1-15(2,3)13-16(4,5)9-8-10-19-12-11-18(7)14(19)17-6/h8-13H2,1-7H3/b17-14-. The van der Waals surface area contributed by atoms with E-state index in [2.05, 4.69) is 56.5 Å². The van der Waals surface area contributed by atoms with Gasteiger partial charge < -0.3 is 9.80 Å². The minimum absolute atomic E-state index is 0.424. The van der Waals surface area contributed by atoms with Gasteiger partial charge in [-0.25, -0.2) is 0 Å². The third-order valence-corrected chi connectivity index (χ3v) is 3.82. The van der Waals surface area contributed by atoms with Crippen LogP contribution in [0.2, 0.25) is 0 Å². The molecule has 1 aliphatic heterocycles. The highest BCUT2D eigenvalue weighted by atomic mass is 15.4. The van der Waals surface area contributed by atoms with Gasteiger partial charge in [-0.05, 0) is 30.1 Å². The molecule has 0 radical (unpaired) electrons. The molecule has 1 heterocycles. The average Bonchev–Trinajstić information content (AvgIpc) is 2.55. The summed E-state index contributed by atoms with van der Waals surface area (Å²) in [6.07, 6.45) is 3.84. The van der Waals surface area contributed by atoms with Crippen LogP contribution >= 0.6 is 0 Å². The van der Waals surface area contributed by atoms with Gasteiger partial charge >= 0.3 is 0 Å². The van der Waals surface area contributed by atoms with Crippen LogP contribution in [0.3, 0.4) is 0 Å². The number of nitrogens with zero attached hydrogens (tertiary/aromatic N) is 3. The second-order valence-corrected chi connectivity index (χ2v) is 7.94. The minimum Gasteiger partial charge on any atom is -0.344 e. The highest BCUT2D eigenvalue weighted by Crippen LogP contribution is 2.36. The number of hydrogen-bond acceptors (Lipinski definition) is 1. The van der Waals surface area contributed by atoms with Crippen molar-refractivity contribution in [3.63, 3.8) is 0 Å². The van der Waals surface area contributed by atoms with Crippen LogP contribution in [0.5, 0.6) is 0 Å². The van der Waals surface area contributed by atoms with Gasteiger partial charge in [0.2, 0.25) is 0 Å². The predicted octanol–water partition coefficient (Wildman–Crippen LogP) is 3.46. The summed E-state index contributed by atoms with van der Waals surface area (Å²) in [4.78, 5) is 9.07. The molecule has 0 spiro atoms. The summed E-state index contributed by atoms with van der Waals surface area (Å²) in [5.41, 5.74) is 0.862. The quantitative estimate of drug-likeness (QED) is 0.759. The van der Waals surface area contributed by atoms with Crippen molar-refractivity contribution in [1.82, 2.24) is 9.80 Å². The Morgan fingerprint density at radius 2 is 1.74 bits per heavy atom. The summed E-state index contributed by atoms with van der Waals surface area (Å²) in [5.74, 6) is 1.16. The van der Waals surface area contributed by atoms with E-state index < -0.39 is 0 Å². The number of hydrogen-bond donors (Lipinski definition) is 0. The third kappa shape index (κ3) is 5.42. The Labute approximate surface area is 120 Å². The van der Waals surface area contributed by atoms with Gasteiger partial charge in [-0.1, -0.05) is 34.6 Å². The van der Waals surface area contributed by atoms with E-state index in [9.17, 15) is 0 Å². The summed E-state index contributed by atoms with van der Waals surface area (Å²) in [7, 11) is 4.03. The Balaban J connectivity index is 2.38. The van der Waals surface area contributed by atoms with Gasteiger partial charge in [-0.2, -0.15) is 0 Å². The molecule has 0 N–H and O–H groups in total. The van der Waals surface area contributed by atoms with E-state index in [1.807, 2.05) is 7.05 Å². The van der Waals surface area contributed by atoms with Gasteiger partial charge in [0.15, 0.2) is 5.96 Å². The first-order chi connectivity index (χ1) is 8.64. The molecule has 1 aliphatic rings. The topological polar surface area (TPSA) is 18.8 Å². The first-order valence-electron chi connectivity index (χ1n) is 7.57. The molecule has 0 aliphatic carbocycles. The first-order valence-corrected chi connectivity index (χ1v) is 7.57. The maximum absolute atomic E-state index is 4.39. The van der Waals surface area contributed by atoms with Crippen LogP contribution in [0.15, 0.2) is 4.99 Å². The van der Waals surface area contributed by atoms with Crippen molar-refractivity contribution in [3.05, 3.63) is 0 Å². The van der Waals surface area contributed by atoms with Crippen molar-refractivity contribution in [2.75, 3.05) is 33.7 Å². The van der Waals surface area contributed by atoms with Crippen LogP contribution in [0.4, 0.5) is 0 Å². The molecule has 0 aromatic heterocycles. The largest absolute Gasteiger partial charge is 0.344 e. The molecule has 0 amide bonds. The zero-order valence-corrected chi connectivity index (χ0v) is 14.1. The summed E-state index contributed by atoms with van der Waals surface area (Å²) >= 11 is 0. The Morgan fingerprint density at radius 1 is 1.11 bits per heavy atom. The zero-order valence-electron chi connectivity index (χ0n) is 14.1. The Hall–Kier alpha value is -0.730. The van der Waals surface area contributed by atoms with Crippen LogP contribution in [0, 0.1) is 10.8 Å². The lowest BCUT2D eigenvalue weighted by atomic mass is 9.74. The monoisotopic (exact) mass is 267 g/mol. The van der Waals surface area contributed by atoms with Crippen molar-refractivity contribution < 1.29 is 0 Å². The summed E-state index contributed by atoms with van der Waals surface area (Å²) in [5, 5.41) is 0. The highest BCUT2D eigenvalue weighted by molar-refractivity contribution is 5.81. The van der Waals surface area contributed by atoms with E-state index in [1.165, 1.54) is 19.3 Å². The third-order valence-electron chi connectivity index (χ3n) is 3.82. The zero-order chi connectivity index (χ0) is 14.7. The molecular formula is C16H33N3. The van der Waals surface area contributed by atoms with Crippen LogP contribution in [-0.4, -0.2) is 49.5 Å². The first kappa shape index (κ1) is 16.3. The lowest BCUT2D eigenvalue weighted by molar-refractivity contribution is 0.191. The van der Waals surface area contributed by atoms with Crippen molar-refractivity contribution >= 4 is 5.96 Å². The predicted molar refractivity (Wildman–Crippen MR) is 84.6 cm³/mol. The molecular weight excluding hydrogens is 234 g/mol. The van der Waals surface area contributed by atoms with Gasteiger partial charge in [-0.15, -0.1) is 0 Å². The number of aliphatic imine (C=N–C) groups is 1. The molecule has 0 bridgehead atoms. The van der Waals surface area contributed by atoms with Gasteiger partial charge in [0.25, 0.3) is 0 Å². The molecule has 19 heavy (non-hydrogen) atoms. The molecule has 1 rings (SSSR count). The lowest BCUT2D eigenvalue weighted by Gasteiger charge is -2.33. The second kappa shape index (κ2) is 6.15. The summed E-state index contributed by atoms with van der Waals surface area (Å²) in [6.45, 7) is 15.2. The van der Waals surface area contributed by atoms with Gasteiger partial charge in [0.1, 0.15) is 0 Å². The Kier molecular flexibility index (Phi) is 5.28. The summed E-state index contributed by atoms with van der Waals surface area (Å²) in [6, 6.07) is 0. The molecule has 0 unspecified atom stereocenters. The maximum Gasteiger partial charge on any atom is 0.196 e.